The van der Waals surface area contributed by atoms with Crippen LogP contribution in [0, 0.1) is 18.6 Å². The van der Waals surface area contributed by atoms with Crippen LogP contribution in [0.2, 0.25) is 0 Å². The summed E-state index contributed by atoms with van der Waals surface area (Å²) in [6.07, 6.45) is 1.36. The Morgan fingerprint density at radius 2 is 1.93 bits per heavy atom. The summed E-state index contributed by atoms with van der Waals surface area (Å²) in [5.41, 5.74) is 0.567. The maximum Gasteiger partial charge on any atom is 0.162 e. The van der Waals surface area contributed by atoms with Gasteiger partial charge in [0.05, 0.1) is 0 Å². The van der Waals surface area contributed by atoms with Crippen LogP contribution in [0.15, 0.2) is 24.8 Å². The van der Waals surface area contributed by atoms with E-state index in [1.54, 1.807) is 19.9 Å². The molecular formula is C11H12F2O. The summed E-state index contributed by atoms with van der Waals surface area (Å²) in [5.74, 6) is -1.42. The predicted molar refractivity (Wildman–Crippen MR) is 51.4 cm³/mol. The van der Waals surface area contributed by atoms with Gasteiger partial charge < -0.3 is 4.74 Å². The fourth-order valence-electron chi connectivity index (χ4n) is 1.00. The van der Waals surface area contributed by atoms with Crippen LogP contribution < -0.4 is 4.74 Å². The first-order chi connectivity index (χ1) is 6.54. The summed E-state index contributed by atoms with van der Waals surface area (Å²) in [6.45, 7) is 6.97. The molecule has 0 fully saturated rings. The molecule has 1 rings (SSSR count). The van der Waals surface area contributed by atoms with Crippen LogP contribution >= 0.6 is 0 Å². The monoisotopic (exact) mass is 198 g/mol. The lowest BCUT2D eigenvalue weighted by molar-refractivity contribution is 0.266. The highest BCUT2D eigenvalue weighted by Crippen LogP contribution is 2.22. The molecule has 1 unspecified atom stereocenters. The van der Waals surface area contributed by atoms with Gasteiger partial charge >= 0.3 is 0 Å². The molecule has 0 saturated heterocycles. The molecule has 1 atom stereocenters. The fourth-order valence-corrected chi connectivity index (χ4v) is 1.00. The molecule has 0 heterocycles. The van der Waals surface area contributed by atoms with Crippen molar-refractivity contribution in [2.24, 2.45) is 0 Å². The molecule has 0 aliphatic rings. The number of hydrogen-bond donors (Lipinski definition) is 0. The van der Waals surface area contributed by atoms with Gasteiger partial charge in [0.15, 0.2) is 11.6 Å². The molecule has 0 saturated carbocycles. The van der Waals surface area contributed by atoms with Crippen LogP contribution in [0.4, 0.5) is 8.78 Å². The molecule has 0 aliphatic heterocycles. The first-order valence-corrected chi connectivity index (χ1v) is 4.29. The topological polar surface area (TPSA) is 9.23 Å². The zero-order chi connectivity index (χ0) is 10.7. The van der Waals surface area contributed by atoms with Crippen LogP contribution in [0.25, 0.3) is 0 Å². The van der Waals surface area contributed by atoms with Gasteiger partial charge in [-0.1, -0.05) is 12.7 Å². The van der Waals surface area contributed by atoms with Crippen molar-refractivity contribution in [2.75, 3.05) is 0 Å². The quantitative estimate of drug-likeness (QED) is 0.677. The summed E-state index contributed by atoms with van der Waals surface area (Å²) in [7, 11) is 0. The molecule has 1 aromatic rings. The molecule has 1 nitrogen and oxygen atoms in total. The van der Waals surface area contributed by atoms with E-state index in [1.807, 2.05) is 0 Å². The van der Waals surface area contributed by atoms with Crippen molar-refractivity contribution in [3.05, 3.63) is 42.0 Å². The number of aryl methyl sites for hydroxylation is 1. The Kier molecular flexibility index (Phi) is 3.23. The largest absolute Gasteiger partial charge is 0.486 e. The third kappa shape index (κ3) is 2.31. The Labute approximate surface area is 82.0 Å². The molecule has 1 aromatic carbocycles. The maximum absolute atomic E-state index is 12.8. The minimum absolute atomic E-state index is 0.224. The average Bonchev–Trinajstić information content (AvgIpc) is 2.14. The number of hydrogen-bond acceptors (Lipinski definition) is 1. The molecule has 0 radical (unpaired) electrons. The van der Waals surface area contributed by atoms with E-state index in [-0.39, 0.29) is 6.10 Å². The second kappa shape index (κ2) is 4.22. The van der Waals surface area contributed by atoms with Gasteiger partial charge in [-0.15, -0.1) is 0 Å². The van der Waals surface area contributed by atoms with Crippen molar-refractivity contribution in [3.8, 4) is 5.75 Å². The lowest BCUT2D eigenvalue weighted by atomic mass is 10.2. The van der Waals surface area contributed by atoms with Crippen LogP contribution in [0.5, 0.6) is 5.75 Å². The van der Waals surface area contributed by atoms with E-state index in [4.69, 9.17) is 4.74 Å². The van der Waals surface area contributed by atoms with E-state index >= 15 is 0 Å². The van der Waals surface area contributed by atoms with E-state index in [0.29, 0.717) is 11.3 Å². The summed E-state index contributed by atoms with van der Waals surface area (Å²) < 4.78 is 30.9. The SMILES string of the molecule is C=CC(C)Oc1cc(F)c(F)cc1C. The normalized spacial score (nSPS) is 12.3. The number of rotatable bonds is 3. The van der Waals surface area contributed by atoms with Gasteiger partial charge in [-0.2, -0.15) is 0 Å². The van der Waals surface area contributed by atoms with Crippen molar-refractivity contribution in [3.63, 3.8) is 0 Å². The van der Waals surface area contributed by atoms with E-state index in [1.165, 1.54) is 0 Å². The maximum atomic E-state index is 12.8. The number of ether oxygens (including phenoxy) is 1. The Balaban J connectivity index is 2.97. The summed E-state index contributed by atoms with van der Waals surface area (Å²) >= 11 is 0. The van der Waals surface area contributed by atoms with Crippen molar-refractivity contribution in [2.45, 2.75) is 20.0 Å². The Morgan fingerprint density at radius 3 is 2.50 bits per heavy atom. The van der Waals surface area contributed by atoms with Crippen molar-refractivity contribution >= 4 is 0 Å². The van der Waals surface area contributed by atoms with Gasteiger partial charge in [-0.3, -0.25) is 0 Å². The zero-order valence-electron chi connectivity index (χ0n) is 8.18. The molecule has 0 spiro atoms. The average molecular weight is 198 g/mol. The van der Waals surface area contributed by atoms with Crippen LogP contribution in [0.1, 0.15) is 12.5 Å². The first-order valence-electron chi connectivity index (χ1n) is 4.29. The highest BCUT2D eigenvalue weighted by Gasteiger charge is 2.09. The molecule has 0 N–H and O–H groups in total. The first kappa shape index (κ1) is 10.7. The van der Waals surface area contributed by atoms with E-state index in [9.17, 15) is 8.78 Å². The lowest BCUT2D eigenvalue weighted by Gasteiger charge is -2.12. The van der Waals surface area contributed by atoms with Crippen molar-refractivity contribution in [1.29, 1.82) is 0 Å². The molecule has 3 heteroatoms. The van der Waals surface area contributed by atoms with Gasteiger partial charge in [0, 0.05) is 6.07 Å². The van der Waals surface area contributed by atoms with Crippen molar-refractivity contribution in [1.82, 2.24) is 0 Å². The van der Waals surface area contributed by atoms with E-state index in [2.05, 4.69) is 6.58 Å². The third-order valence-corrected chi connectivity index (χ3v) is 1.86. The molecular weight excluding hydrogens is 186 g/mol. The van der Waals surface area contributed by atoms with E-state index < -0.39 is 11.6 Å². The van der Waals surface area contributed by atoms with Crippen LogP contribution in [0.3, 0.4) is 0 Å². The standard InChI is InChI=1S/C11H12F2O/c1-4-8(3)14-11-6-10(13)9(12)5-7(11)2/h4-6,8H,1H2,2-3H3. The summed E-state index contributed by atoms with van der Waals surface area (Å²) in [6, 6.07) is 2.16. The van der Waals surface area contributed by atoms with Gasteiger partial charge in [0.1, 0.15) is 11.9 Å². The van der Waals surface area contributed by atoms with Gasteiger partial charge in [0.25, 0.3) is 0 Å². The predicted octanol–water partition coefficient (Wildman–Crippen LogP) is 3.23. The molecule has 76 valence electrons. The summed E-state index contributed by atoms with van der Waals surface area (Å²) in [5, 5.41) is 0. The van der Waals surface area contributed by atoms with Gasteiger partial charge in [-0.05, 0) is 25.5 Å². The van der Waals surface area contributed by atoms with Crippen LogP contribution in [-0.2, 0) is 0 Å². The molecule has 0 amide bonds. The fraction of sp³-hybridized carbons (Fsp3) is 0.273. The van der Waals surface area contributed by atoms with Crippen LogP contribution in [-0.4, -0.2) is 6.10 Å². The minimum atomic E-state index is -0.901. The Bertz CT molecular complexity index is 347. The molecule has 0 aromatic heterocycles. The highest BCUT2D eigenvalue weighted by atomic mass is 19.2. The van der Waals surface area contributed by atoms with Gasteiger partial charge in [-0.25, -0.2) is 8.78 Å². The summed E-state index contributed by atoms with van der Waals surface area (Å²) in [4.78, 5) is 0. The lowest BCUT2D eigenvalue weighted by Crippen LogP contribution is -2.08. The zero-order valence-corrected chi connectivity index (χ0v) is 8.18. The van der Waals surface area contributed by atoms with Gasteiger partial charge in [0.2, 0.25) is 0 Å². The second-order valence-corrected chi connectivity index (χ2v) is 3.09. The van der Waals surface area contributed by atoms with E-state index in [0.717, 1.165) is 12.1 Å². The molecule has 14 heavy (non-hydrogen) atoms. The van der Waals surface area contributed by atoms with Crippen molar-refractivity contribution < 1.29 is 13.5 Å². The smallest absolute Gasteiger partial charge is 0.162 e. The number of halogens is 2. The minimum Gasteiger partial charge on any atom is -0.486 e. The Hall–Kier alpha value is -1.38. The second-order valence-electron chi connectivity index (χ2n) is 3.09. The highest BCUT2D eigenvalue weighted by molar-refractivity contribution is 5.33. The Morgan fingerprint density at radius 1 is 1.36 bits per heavy atom. The molecule has 0 aliphatic carbocycles. The number of benzene rings is 1. The molecule has 0 bridgehead atoms. The third-order valence-electron chi connectivity index (χ3n) is 1.86.